The first-order chi connectivity index (χ1) is 19.7. The standard InChI is InChI=1S/C32H39N5O4S/c1-20(2)33-18-21-13-15-22(16-14-21)27(38)34-26-24-17-25(28(39)35-32(6,7)23-11-9-8-10-12-23)42-29(24)37(36-26)30(40)41-19-31(3,4)5/h8-17,20,33H,18-19H2,1-7H3,(H,35,39)(H,34,36,38). The van der Waals surface area contributed by atoms with Crippen molar-refractivity contribution in [3.63, 3.8) is 0 Å². The summed E-state index contributed by atoms with van der Waals surface area (Å²) in [6, 6.07) is 18.9. The quantitative estimate of drug-likeness (QED) is 0.204. The number of nitrogens with zero attached hydrogens (tertiary/aromatic N) is 2. The molecule has 2 amide bonds. The van der Waals surface area contributed by atoms with Crippen LogP contribution in [0.2, 0.25) is 0 Å². The zero-order valence-electron chi connectivity index (χ0n) is 25.2. The number of amides is 2. The summed E-state index contributed by atoms with van der Waals surface area (Å²) in [5.74, 6) is -0.510. The van der Waals surface area contributed by atoms with Crippen LogP contribution < -0.4 is 16.0 Å². The molecule has 2 aromatic heterocycles. The molecule has 0 aliphatic rings. The lowest BCUT2D eigenvalue weighted by atomic mass is 9.94. The van der Waals surface area contributed by atoms with E-state index in [1.54, 1.807) is 18.2 Å². The topological polar surface area (TPSA) is 114 Å². The first kappa shape index (κ1) is 30.9. The Balaban J connectivity index is 1.62. The van der Waals surface area contributed by atoms with Crippen LogP contribution in [0.25, 0.3) is 10.2 Å². The third-order valence-corrected chi connectivity index (χ3v) is 7.58. The summed E-state index contributed by atoms with van der Waals surface area (Å²) in [5, 5.41) is 14.1. The highest BCUT2D eigenvalue weighted by Crippen LogP contribution is 2.33. The molecule has 0 saturated carbocycles. The van der Waals surface area contributed by atoms with Gasteiger partial charge in [-0.05, 0) is 48.6 Å². The molecule has 0 radical (unpaired) electrons. The van der Waals surface area contributed by atoms with Crippen LogP contribution in [0.5, 0.6) is 0 Å². The molecule has 4 aromatic rings. The normalized spacial score (nSPS) is 12.0. The lowest BCUT2D eigenvalue weighted by Crippen LogP contribution is -2.40. The molecular weight excluding hydrogens is 550 g/mol. The van der Waals surface area contributed by atoms with E-state index in [0.29, 0.717) is 33.2 Å². The van der Waals surface area contributed by atoms with Crippen LogP contribution in [-0.4, -0.2) is 40.3 Å². The van der Waals surface area contributed by atoms with Crippen LogP contribution in [0.15, 0.2) is 60.7 Å². The molecule has 2 aromatic carbocycles. The van der Waals surface area contributed by atoms with Crippen molar-refractivity contribution < 1.29 is 19.1 Å². The predicted molar refractivity (Wildman–Crippen MR) is 167 cm³/mol. The minimum Gasteiger partial charge on any atom is -0.447 e. The van der Waals surface area contributed by atoms with Crippen LogP contribution in [-0.2, 0) is 16.8 Å². The highest BCUT2D eigenvalue weighted by molar-refractivity contribution is 7.20. The average Bonchev–Trinajstić information content (AvgIpc) is 3.51. The van der Waals surface area contributed by atoms with E-state index in [2.05, 4.69) is 34.9 Å². The van der Waals surface area contributed by atoms with Gasteiger partial charge in [-0.15, -0.1) is 16.4 Å². The number of rotatable bonds is 9. The van der Waals surface area contributed by atoms with Crippen LogP contribution in [0.3, 0.4) is 0 Å². The molecule has 222 valence electrons. The van der Waals surface area contributed by atoms with Gasteiger partial charge in [0.2, 0.25) is 0 Å². The Labute approximate surface area is 250 Å². The summed E-state index contributed by atoms with van der Waals surface area (Å²) < 4.78 is 6.63. The van der Waals surface area contributed by atoms with Gasteiger partial charge in [-0.25, -0.2) is 4.79 Å². The minimum absolute atomic E-state index is 0.172. The number of benzene rings is 2. The lowest BCUT2D eigenvalue weighted by Gasteiger charge is -2.26. The molecule has 3 N–H and O–H groups in total. The Hall–Kier alpha value is -4.02. The van der Waals surface area contributed by atoms with Crippen molar-refractivity contribution in [3.05, 3.63) is 82.2 Å². The van der Waals surface area contributed by atoms with E-state index < -0.39 is 11.6 Å². The van der Waals surface area contributed by atoms with Crippen LogP contribution in [0.1, 0.15) is 79.6 Å². The van der Waals surface area contributed by atoms with Crippen molar-refractivity contribution in [3.8, 4) is 0 Å². The molecular formula is C32H39N5O4S. The van der Waals surface area contributed by atoms with Crippen molar-refractivity contribution in [2.24, 2.45) is 5.41 Å². The Kier molecular flexibility index (Phi) is 9.18. The average molecular weight is 590 g/mol. The second-order valence-electron chi connectivity index (χ2n) is 12.3. The van der Waals surface area contributed by atoms with Gasteiger partial charge in [0, 0.05) is 18.2 Å². The first-order valence-corrected chi connectivity index (χ1v) is 14.8. The molecule has 2 heterocycles. The zero-order valence-corrected chi connectivity index (χ0v) is 26.0. The molecule has 10 heteroatoms. The molecule has 0 bridgehead atoms. The number of nitrogens with one attached hydrogen (secondary N) is 3. The van der Waals surface area contributed by atoms with Gasteiger partial charge in [0.05, 0.1) is 22.4 Å². The molecule has 42 heavy (non-hydrogen) atoms. The van der Waals surface area contributed by atoms with E-state index in [9.17, 15) is 14.4 Å². The van der Waals surface area contributed by atoms with Crippen molar-refractivity contribution in [1.82, 2.24) is 20.4 Å². The van der Waals surface area contributed by atoms with Gasteiger partial charge < -0.3 is 20.7 Å². The molecule has 0 unspecified atom stereocenters. The molecule has 0 saturated heterocycles. The Morgan fingerprint density at radius 3 is 2.24 bits per heavy atom. The molecule has 0 atom stereocenters. The molecule has 0 aliphatic carbocycles. The fraction of sp³-hybridized carbons (Fsp3) is 0.375. The summed E-state index contributed by atoms with van der Waals surface area (Å²) in [6.07, 6.45) is -0.684. The number of ether oxygens (including phenoxy) is 1. The second-order valence-corrected chi connectivity index (χ2v) is 13.4. The molecule has 4 rings (SSSR count). The van der Waals surface area contributed by atoms with Crippen LogP contribution in [0.4, 0.5) is 10.6 Å². The van der Waals surface area contributed by atoms with Gasteiger partial charge in [-0.1, -0.05) is 77.1 Å². The molecule has 0 aliphatic heterocycles. The van der Waals surface area contributed by atoms with Crippen molar-refractivity contribution >= 4 is 45.3 Å². The molecule has 9 nitrogen and oxygen atoms in total. The number of thiophene rings is 1. The number of carbonyl (C=O) groups is 3. The predicted octanol–water partition coefficient (Wildman–Crippen LogP) is 6.54. The van der Waals surface area contributed by atoms with Crippen molar-refractivity contribution in [1.29, 1.82) is 0 Å². The lowest BCUT2D eigenvalue weighted by molar-refractivity contribution is 0.0915. The summed E-state index contributed by atoms with van der Waals surface area (Å²) in [6.45, 7) is 14.7. The smallest absolute Gasteiger partial charge is 0.436 e. The van der Waals surface area contributed by atoms with Crippen LogP contribution >= 0.6 is 11.3 Å². The summed E-state index contributed by atoms with van der Waals surface area (Å²) in [5.41, 5.74) is 1.56. The number of carbonyl (C=O) groups excluding carboxylic acids is 3. The minimum atomic E-state index is -0.684. The largest absolute Gasteiger partial charge is 0.447 e. The SMILES string of the molecule is CC(C)NCc1ccc(C(=O)Nc2nn(C(=O)OCC(C)(C)C)c3sc(C(=O)NC(C)(C)c4ccccc4)cc23)cc1. The van der Waals surface area contributed by atoms with E-state index in [-0.39, 0.29) is 29.7 Å². The van der Waals surface area contributed by atoms with Crippen molar-refractivity contribution in [2.45, 2.75) is 66.6 Å². The third kappa shape index (κ3) is 7.63. The number of hydrogen-bond acceptors (Lipinski definition) is 7. The highest BCUT2D eigenvalue weighted by atomic mass is 32.1. The van der Waals surface area contributed by atoms with Gasteiger partial charge in [-0.2, -0.15) is 4.68 Å². The second kappa shape index (κ2) is 12.5. The van der Waals surface area contributed by atoms with Gasteiger partial charge >= 0.3 is 6.09 Å². The van der Waals surface area contributed by atoms with E-state index >= 15 is 0 Å². The summed E-state index contributed by atoms with van der Waals surface area (Å²) >= 11 is 1.11. The maximum absolute atomic E-state index is 13.4. The maximum atomic E-state index is 13.4. The van der Waals surface area contributed by atoms with Crippen LogP contribution in [0, 0.1) is 5.41 Å². The number of hydrogen-bond donors (Lipinski definition) is 3. The summed E-state index contributed by atoms with van der Waals surface area (Å²) in [7, 11) is 0. The fourth-order valence-electron chi connectivity index (χ4n) is 4.12. The third-order valence-electron chi connectivity index (χ3n) is 6.47. The van der Waals surface area contributed by atoms with Gasteiger partial charge in [-0.3, -0.25) is 9.59 Å². The Morgan fingerprint density at radius 2 is 1.62 bits per heavy atom. The first-order valence-electron chi connectivity index (χ1n) is 13.9. The monoisotopic (exact) mass is 589 g/mol. The van der Waals surface area contributed by atoms with Gasteiger partial charge in [0.1, 0.15) is 4.83 Å². The molecule has 0 fully saturated rings. The Bertz CT molecular complexity index is 1560. The van der Waals surface area contributed by atoms with Gasteiger partial charge in [0.15, 0.2) is 5.82 Å². The summed E-state index contributed by atoms with van der Waals surface area (Å²) in [4.78, 5) is 40.4. The molecule has 0 spiro atoms. The number of fused-ring (bicyclic) bond motifs is 1. The van der Waals surface area contributed by atoms with Crippen molar-refractivity contribution in [2.75, 3.05) is 11.9 Å². The number of aromatic nitrogens is 2. The highest BCUT2D eigenvalue weighted by Gasteiger charge is 2.28. The zero-order chi connectivity index (χ0) is 30.7. The fourth-order valence-corrected chi connectivity index (χ4v) is 5.12. The maximum Gasteiger partial charge on any atom is 0.436 e. The number of anilines is 1. The van der Waals surface area contributed by atoms with E-state index in [1.807, 2.05) is 77.1 Å². The van der Waals surface area contributed by atoms with E-state index in [4.69, 9.17) is 4.74 Å². The van der Waals surface area contributed by atoms with E-state index in [1.165, 1.54) is 0 Å². The van der Waals surface area contributed by atoms with Gasteiger partial charge in [0.25, 0.3) is 11.8 Å². The van der Waals surface area contributed by atoms with E-state index in [0.717, 1.165) is 27.1 Å². The Morgan fingerprint density at radius 1 is 0.952 bits per heavy atom.